The predicted octanol–water partition coefficient (Wildman–Crippen LogP) is 5.81. The number of thioether (sulfide) groups is 1. The molecule has 0 radical (unpaired) electrons. The number of aryl methyl sites for hydroxylation is 1. The second kappa shape index (κ2) is 13.2. The van der Waals surface area contributed by atoms with Crippen molar-refractivity contribution >= 4 is 28.5 Å². The number of carbonyl (C=O) groups is 1. The standard InChI is InChI=1S/C31H31F3N6O3S/c1-19(2)25-12-7-20(3)15-26(25)40-27(41)17-44-30(40)37-29(42)35-14-13-21-5-4-6-22(16-21)28-36-18-39(38-28)23-8-10-24(11-9-23)43-31(32,33)34/h4-12,15-16,18-19,29,35,42H,13-14,17H2,1-3H3. The summed E-state index contributed by atoms with van der Waals surface area (Å²) in [6.45, 7) is 6.54. The highest BCUT2D eigenvalue weighted by molar-refractivity contribution is 8.15. The molecule has 0 spiro atoms. The number of aliphatic hydroxyl groups is 1. The molecule has 1 atom stereocenters. The van der Waals surface area contributed by atoms with E-state index in [4.69, 9.17) is 0 Å². The fraction of sp³-hybridized carbons (Fsp3) is 0.290. The van der Waals surface area contributed by atoms with Crippen molar-refractivity contribution < 1.29 is 27.8 Å². The number of carbonyl (C=O) groups excluding carboxylic acids is 1. The average Bonchev–Trinajstić information content (AvgIpc) is 3.60. The van der Waals surface area contributed by atoms with Crippen molar-refractivity contribution in [2.24, 2.45) is 4.99 Å². The van der Waals surface area contributed by atoms with Gasteiger partial charge in [0.1, 0.15) is 12.1 Å². The third kappa shape index (κ3) is 7.65. The van der Waals surface area contributed by atoms with E-state index >= 15 is 0 Å². The van der Waals surface area contributed by atoms with Gasteiger partial charge < -0.3 is 9.84 Å². The SMILES string of the molecule is Cc1ccc(C(C)C)c(N2C(=O)CSC2=NC(O)NCCc2cccc(-c3ncn(-c4ccc(OC(F)(F)F)cc4)n3)c2)c1. The van der Waals surface area contributed by atoms with Gasteiger partial charge in [0, 0.05) is 12.1 Å². The summed E-state index contributed by atoms with van der Waals surface area (Å²) < 4.78 is 42.7. The van der Waals surface area contributed by atoms with Crippen LogP contribution in [0.5, 0.6) is 5.75 Å². The van der Waals surface area contributed by atoms with Crippen LogP contribution in [0.2, 0.25) is 0 Å². The van der Waals surface area contributed by atoms with Crippen LogP contribution in [0, 0.1) is 6.92 Å². The quantitative estimate of drug-likeness (QED) is 0.215. The van der Waals surface area contributed by atoms with E-state index in [9.17, 15) is 23.1 Å². The summed E-state index contributed by atoms with van der Waals surface area (Å²) in [5, 5.41) is 18.6. The first kappa shape index (κ1) is 31.2. The monoisotopic (exact) mass is 624 g/mol. The predicted molar refractivity (Wildman–Crippen MR) is 164 cm³/mol. The number of nitrogens with one attached hydrogen (secondary N) is 1. The number of ether oxygens (including phenoxy) is 1. The highest BCUT2D eigenvalue weighted by Gasteiger charge is 2.32. The van der Waals surface area contributed by atoms with Crippen molar-refractivity contribution in [2.45, 2.75) is 45.8 Å². The number of amidine groups is 1. The summed E-state index contributed by atoms with van der Waals surface area (Å²) in [5.74, 6) is 0.515. The molecule has 0 saturated carbocycles. The lowest BCUT2D eigenvalue weighted by Crippen LogP contribution is -2.35. The lowest BCUT2D eigenvalue weighted by Gasteiger charge is -2.23. The summed E-state index contributed by atoms with van der Waals surface area (Å²) in [6, 6.07) is 19.0. The normalized spacial score (nSPS) is 15.4. The zero-order valence-corrected chi connectivity index (χ0v) is 25.1. The minimum atomic E-state index is -4.76. The Morgan fingerprint density at radius 1 is 1.11 bits per heavy atom. The topological polar surface area (TPSA) is 105 Å². The number of amides is 1. The van der Waals surface area contributed by atoms with Gasteiger partial charge in [-0.05, 0) is 72.4 Å². The van der Waals surface area contributed by atoms with Gasteiger partial charge in [-0.3, -0.25) is 15.0 Å². The summed E-state index contributed by atoms with van der Waals surface area (Å²) >= 11 is 1.30. The second-order valence-electron chi connectivity index (χ2n) is 10.5. The Morgan fingerprint density at radius 3 is 2.61 bits per heavy atom. The first-order chi connectivity index (χ1) is 21.0. The fourth-order valence-electron chi connectivity index (χ4n) is 4.71. The molecule has 0 bridgehead atoms. The van der Waals surface area contributed by atoms with Crippen LogP contribution in [0.1, 0.15) is 36.5 Å². The van der Waals surface area contributed by atoms with Gasteiger partial charge in [0.15, 0.2) is 11.0 Å². The van der Waals surface area contributed by atoms with Gasteiger partial charge in [-0.25, -0.2) is 14.7 Å². The Hall–Kier alpha value is -4.20. The van der Waals surface area contributed by atoms with Gasteiger partial charge >= 0.3 is 6.36 Å². The highest BCUT2D eigenvalue weighted by Crippen LogP contribution is 2.34. The van der Waals surface area contributed by atoms with E-state index in [0.717, 1.165) is 27.9 Å². The van der Waals surface area contributed by atoms with Gasteiger partial charge in [0.2, 0.25) is 12.3 Å². The molecule has 1 aliphatic heterocycles. The van der Waals surface area contributed by atoms with Crippen molar-refractivity contribution in [3.63, 3.8) is 0 Å². The van der Waals surface area contributed by atoms with Gasteiger partial charge in [0.05, 0.1) is 17.1 Å². The second-order valence-corrected chi connectivity index (χ2v) is 11.4. The smallest absolute Gasteiger partial charge is 0.406 e. The maximum Gasteiger partial charge on any atom is 0.573 e. The van der Waals surface area contributed by atoms with Crippen molar-refractivity contribution in [1.82, 2.24) is 20.1 Å². The summed E-state index contributed by atoms with van der Waals surface area (Å²) in [4.78, 5) is 23.2. The third-order valence-electron chi connectivity index (χ3n) is 6.80. The number of benzene rings is 3. The lowest BCUT2D eigenvalue weighted by atomic mass is 9.99. The number of nitrogens with zero attached hydrogens (tertiary/aromatic N) is 5. The molecular formula is C31H31F3N6O3S. The minimum absolute atomic E-state index is 0.0752. The number of alkyl halides is 3. The number of anilines is 1. The molecular weight excluding hydrogens is 593 g/mol. The van der Waals surface area contributed by atoms with E-state index in [1.165, 1.54) is 47.0 Å². The van der Waals surface area contributed by atoms with Gasteiger partial charge in [-0.1, -0.05) is 55.9 Å². The van der Waals surface area contributed by atoms with Crippen molar-refractivity contribution in [3.05, 3.63) is 89.7 Å². The van der Waals surface area contributed by atoms with Crippen LogP contribution in [0.3, 0.4) is 0 Å². The third-order valence-corrected chi connectivity index (χ3v) is 7.74. The maximum absolute atomic E-state index is 12.8. The van der Waals surface area contributed by atoms with Crippen molar-refractivity contribution in [2.75, 3.05) is 17.2 Å². The molecule has 9 nitrogen and oxygen atoms in total. The van der Waals surface area contributed by atoms with Crippen LogP contribution >= 0.6 is 11.8 Å². The highest BCUT2D eigenvalue weighted by atomic mass is 32.2. The van der Waals surface area contributed by atoms with E-state index in [1.807, 2.05) is 49.4 Å². The van der Waals surface area contributed by atoms with Crippen LogP contribution in [-0.4, -0.2) is 56.0 Å². The number of rotatable bonds is 10. The zero-order valence-electron chi connectivity index (χ0n) is 24.2. The van der Waals surface area contributed by atoms with Crippen LogP contribution in [0.15, 0.2) is 78.0 Å². The molecule has 44 heavy (non-hydrogen) atoms. The van der Waals surface area contributed by atoms with Crippen LogP contribution in [-0.2, 0) is 11.2 Å². The average molecular weight is 625 g/mol. The van der Waals surface area contributed by atoms with Crippen molar-refractivity contribution in [1.29, 1.82) is 0 Å². The molecule has 1 aliphatic rings. The number of halogens is 3. The maximum atomic E-state index is 12.8. The first-order valence-corrected chi connectivity index (χ1v) is 14.9. The number of hydrogen-bond donors (Lipinski definition) is 2. The fourth-order valence-corrected chi connectivity index (χ4v) is 5.60. The molecule has 2 heterocycles. The lowest BCUT2D eigenvalue weighted by molar-refractivity contribution is -0.274. The molecule has 1 aromatic heterocycles. The Balaban J connectivity index is 1.21. The molecule has 1 fully saturated rings. The number of hydrogen-bond acceptors (Lipinski definition) is 8. The molecule has 5 rings (SSSR count). The summed E-state index contributed by atoms with van der Waals surface area (Å²) in [7, 11) is 0. The summed E-state index contributed by atoms with van der Waals surface area (Å²) in [5.41, 5.74) is 5.11. The van der Waals surface area contributed by atoms with Crippen LogP contribution in [0.4, 0.5) is 18.9 Å². The van der Waals surface area contributed by atoms with Gasteiger partial charge in [0.25, 0.3) is 0 Å². The Labute approximate surface area is 256 Å². The van der Waals surface area contributed by atoms with Crippen molar-refractivity contribution in [3.8, 4) is 22.8 Å². The Bertz CT molecular complexity index is 1660. The van der Waals surface area contributed by atoms with Gasteiger partial charge in [-0.15, -0.1) is 18.3 Å². The van der Waals surface area contributed by atoms with E-state index in [-0.39, 0.29) is 23.3 Å². The zero-order chi connectivity index (χ0) is 31.4. The molecule has 2 N–H and O–H groups in total. The van der Waals surface area contributed by atoms with Crippen LogP contribution < -0.4 is 15.0 Å². The first-order valence-electron chi connectivity index (χ1n) is 13.9. The molecule has 3 aromatic carbocycles. The number of aliphatic imine (C=N–C) groups is 1. The Kier molecular flexibility index (Phi) is 9.37. The molecule has 1 unspecified atom stereocenters. The number of aromatic nitrogens is 3. The Morgan fingerprint density at radius 2 is 1.89 bits per heavy atom. The minimum Gasteiger partial charge on any atom is -0.406 e. The summed E-state index contributed by atoms with van der Waals surface area (Å²) in [6.07, 6.45) is -3.91. The molecule has 1 saturated heterocycles. The molecule has 230 valence electrons. The molecule has 4 aromatic rings. The number of aliphatic hydroxyl groups excluding tert-OH is 1. The molecule has 13 heteroatoms. The van der Waals surface area contributed by atoms with Crippen LogP contribution in [0.25, 0.3) is 17.1 Å². The van der Waals surface area contributed by atoms with Gasteiger partial charge in [-0.2, -0.15) is 0 Å². The molecule has 1 amide bonds. The van der Waals surface area contributed by atoms with E-state index < -0.39 is 12.7 Å². The van der Waals surface area contributed by atoms with E-state index in [0.29, 0.717) is 29.6 Å². The largest absolute Gasteiger partial charge is 0.573 e. The van der Waals surface area contributed by atoms with E-state index in [1.54, 1.807) is 4.90 Å². The van der Waals surface area contributed by atoms with E-state index in [2.05, 4.69) is 39.0 Å². The molecule has 0 aliphatic carbocycles.